The van der Waals surface area contributed by atoms with Crippen LogP contribution in [0.1, 0.15) is 53.4 Å². The molecular weight excluding hydrogens is 210 g/mol. The summed E-state index contributed by atoms with van der Waals surface area (Å²) in [6, 6.07) is 3.50. The Morgan fingerprint density at radius 1 is 1.41 bits per heavy atom. The Balaban J connectivity index is 2.72. The van der Waals surface area contributed by atoms with E-state index in [1.807, 2.05) is 0 Å². The number of nitrogens with one attached hydrogen (secondary N) is 1. The van der Waals surface area contributed by atoms with Gasteiger partial charge in [-0.05, 0) is 52.6 Å². The molecule has 3 nitrogen and oxygen atoms in total. The number of hydrogen-bond acceptors (Lipinski definition) is 3. The van der Waals surface area contributed by atoms with Crippen LogP contribution in [0.15, 0.2) is 0 Å². The summed E-state index contributed by atoms with van der Waals surface area (Å²) in [5.41, 5.74) is -0.292. The zero-order valence-corrected chi connectivity index (χ0v) is 11.8. The highest BCUT2D eigenvalue weighted by Gasteiger charge is 2.38. The van der Waals surface area contributed by atoms with Crippen LogP contribution >= 0.6 is 0 Å². The summed E-state index contributed by atoms with van der Waals surface area (Å²) < 4.78 is 0. The van der Waals surface area contributed by atoms with Crippen molar-refractivity contribution in [3.05, 3.63) is 0 Å². The zero-order valence-electron chi connectivity index (χ0n) is 11.8. The molecule has 1 N–H and O–H groups in total. The Labute approximate surface area is 106 Å². The second-order valence-electron chi connectivity index (χ2n) is 5.46. The van der Waals surface area contributed by atoms with Crippen LogP contribution < -0.4 is 5.32 Å². The molecule has 1 saturated carbocycles. The number of rotatable bonds is 5. The summed E-state index contributed by atoms with van der Waals surface area (Å²) in [4.78, 5) is 2.49. The maximum absolute atomic E-state index is 9.50. The standard InChI is InChI=1S/C14H27N3/c1-5-17(6-2)13-8-7-9-14(10-13,11-15)16-12(3)4/h12-13,16H,5-10H2,1-4H3. The predicted octanol–water partition coefficient (Wildman–Crippen LogP) is 2.53. The van der Waals surface area contributed by atoms with Gasteiger partial charge in [0.25, 0.3) is 0 Å². The SMILES string of the molecule is CCN(CC)C1CCCC(C#N)(NC(C)C)C1. The fourth-order valence-electron chi connectivity index (χ4n) is 3.12. The van der Waals surface area contributed by atoms with Crippen molar-refractivity contribution in [3.8, 4) is 6.07 Å². The lowest BCUT2D eigenvalue weighted by Crippen LogP contribution is -2.54. The molecular formula is C14H27N3. The highest BCUT2D eigenvalue weighted by atomic mass is 15.2. The van der Waals surface area contributed by atoms with Crippen LogP contribution in [0, 0.1) is 11.3 Å². The van der Waals surface area contributed by atoms with Gasteiger partial charge in [0.05, 0.1) is 6.07 Å². The Morgan fingerprint density at radius 2 is 2.06 bits per heavy atom. The molecule has 1 aliphatic rings. The fraction of sp³-hybridized carbons (Fsp3) is 0.929. The molecule has 0 amide bonds. The number of nitriles is 1. The van der Waals surface area contributed by atoms with Gasteiger partial charge in [0.2, 0.25) is 0 Å². The summed E-state index contributed by atoms with van der Waals surface area (Å²) in [5, 5.41) is 13.0. The van der Waals surface area contributed by atoms with Gasteiger partial charge in [0, 0.05) is 12.1 Å². The first kappa shape index (κ1) is 14.5. The van der Waals surface area contributed by atoms with Crippen molar-refractivity contribution in [2.24, 2.45) is 0 Å². The van der Waals surface area contributed by atoms with Gasteiger partial charge >= 0.3 is 0 Å². The van der Waals surface area contributed by atoms with E-state index in [2.05, 4.69) is 44.0 Å². The zero-order chi connectivity index (χ0) is 12.9. The normalized spacial score (nSPS) is 29.6. The van der Waals surface area contributed by atoms with Crippen LogP contribution in [-0.4, -0.2) is 35.6 Å². The molecule has 2 unspecified atom stereocenters. The quantitative estimate of drug-likeness (QED) is 0.798. The molecule has 0 aliphatic heterocycles. The highest BCUT2D eigenvalue weighted by molar-refractivity contribution is 5.11. The van der Waals surface area contributed by atoms with E-state index in [4.69, 9.17) is 0 Å². The van der Waals surface area contributed by atoms with Crippen molar-refractivity contribution in [1.29, 1.82) is 5.26 Å². The van der Waals surface area contributed by atoms with Crippen LogP contribution in [0.4, 0.5) is 0 Å². The van der Waals surface area contributed by atoms with Gasteiger partial charge in [0.1, 0.15) is 5.54 Å². The van der Waals surface area contributed by atoms with E-state index in [9.17, 15) is 5.26 Å². The summed E-state index contributed by atoms with van der Waals surface area (Å²) in [7, 11) is 0. The van der Waals surface area contributed by atoms with Crippen LogP contribution in [0.2, 0.25) is 0 Å². The van der Waals surface area contributed by atoms with Crippen LogP contribution in [0.25, 0.3) is 0 Å². The van der Waals surface area contributed by atoms with Crippen molar-refractivity contribution in [2.75, 3.05) is 13.1 Å². The monoisotopic (exact) mass is 237 g/mol. The average Bonchev–Trinajstić information content (AvgIpc) is 2.30. The van der Waals surface area contributed by atoms with Gasteiger partial charge in [-0.25, -0.2) is 0 Å². The lowest BCUT2D eigenvalue weighted by Gasteiger charge is -2.42. The molecule has 1 aliphatic carbocycles. The topological polar surface area (TPSA) is 39.1 Å². The number of hydrogen-bond donors (Lipinski definition) is 1. The molecule has 0 aromatic rings. The predicted molar refractivity (Wildman–Crippen MR) is 71.8 cm³/mol. The van der Waals surface area contributed by atoms with Gasteiger partial charge in [0.15, 0.2) is 0 Å². The molecule has 3 heteroatoms. The van der Waals surface area contributed by atoms with Crippen molar-refractivity contribution in [2.45, 2.75) is 71.0 Å². The van der Waals surface area contributed by atoms with Gasteiger partial charge < -0.3 is 4.90 Å². The lowest BCUT2D eigenvalue weighted by molar-refractivity contribution is 0.126. The molecule has 0 aromatic carbocycles. The van der Waals surface area contributed by atoms with E-state index in [1.165, 1.54) is 6.42 Å². The summed E-state index contributed by atoms with van der Waals surface area (Å²) in [6.07, 6.45) is 4.38. The molecule has 1 rings (SSSR count). The van der Waals surface area contributed by atoms with Crippen LogP contribution in [-0.2, 0) is 0 Å². The van der Waals surface area contributed by atoms with E-state index < -0.39 is 0 Å². The molecule has 1 fully saturated rings. The first-order valence-corrected chi connectivity index (χ1v) is 7.00. The second-order valence-corrected chi connectivity index (χ2v) is 5.46. The van der Waals surface area contributed by atoms with Crippen molar-refractivity contribution < 1.29 is 0 Å². The van der Waals surface area contributed by atoms with Gasteiger partial charge in [-0.15, -0.1) is 0 Å². The minimum absolute atomic E-state index is 0.292. The molecule has 0 saturated heterocycles. The lowest BCUT2D eigenvalue weighted by atomic mass is 9.79. The van der Waals surface area contributed by atoms with E-state index in [0.29, 0.717) is 12.1 Å². The molecule has 0 heterocycles. The van der Waals surface area contributed by atoms with Crippen molar-refractivity contribution in [1.82, 2.24) is 10.2 Å². The third-order valence-electron chi connectivity index (χ3n) is 3.83. The first-order valence-electron chi connectivity index (χ1n) is 7.00. The molecule has 2 atom stereocenters. The summed E-state index contributed by atoms with van der Waals surface area (Å²) >= 11 is 0. The minimum Gasteiger partial charge on any atom is -0.301 e. The minimum atomic E-state index is -0.292. The Kier molecular flexibility index (Phi) is 5.42. The molecule has 0 radical (unpaired) electrons. The second kappa shape index (κ2) is 6.37. The van der Waals surface area contributed by atoms with E-state index in [-0.39, 0.29) is 5.54 Å². The Hall–Kier alpha value is -0.590. The number of nitrogens with zero attached hydrogens (tertiary/aromatic N) is 2. The molecule has 98 valence electrons. The smallest absolute Gasteiger partial charge is 0.108 e. The van der Waals surface area contributed by atoms with Gasteiger partial charge in [-0.3, -0.25) is 5.32 Å². The summed E-state index contributed by atoms with van der Waals surface area (Å²) in [6.45, 7) is 10.8. The Bertz CT molecular complexity index is 265. The fourth-order valence-corrected chi connectivity index (χ4v) is 3.12. The third kappa shape index (κ3) is 3.69. The van der Waals surface area contributed by atoms with Gasteiger partial charge in [-0.2, -0.15) is 5.26 Å². The average molecular weight is 237 g/mol. The maximum Gasteiger partial charge on any atom is 0.108 e. The first-order chi connectivity index (χ1) is 8.06. The highest BCUT2D eigenvalue weighted by Crippen LogP contribution is 2.31. The van der Waals surface area contributed by atoms with Crippen LogP contribution in [0.5, 0.6) is 0 Å². The van der Waals surface area contributed by atoms with E-state index >= 15 is 0 Å². The molecule has 17 heavy (non-hydrogen) atoms. The maximum atomic E-state index is 9.50. The largest absolute Gasteiger partial charge is 0.301 e. The van der Waals surface area contributed by atoms with E-state index in [1.54, 1.807) is 0 Å². The van der Waals surface area contributed by atoms with Gasteiger partial charge in [-0.1, -0.05) is 13.8 Å². The van der Waals surface area contributed by atoms with E-state index in [0.717, 1.165) is 32.4 Å². The van der Waals surface area contributed by atoms with Crippen LogP contribution in [0.3, 0.4) is 0 Å². The third-order valence-corrected chi connectivity index (χ3v) is 3.83. The summed E-state index contributed by atoms with van der Waals surface area (Å²) in [5.74, 6) is 0. The molecule has 0 aromatic heterocycles. The molecule has 0 bridgehead atoms. The molecule has 0 spiro atoms. The Morgan fingerprint density at radius 3 is 2.53 bits per heavy atom. The van der Waals surface area contributed by atoms with Crippen molar-refractivity contribution in [3.63, 3.8) is 0 Å². The van der Waals surface area contributed by atoms with Crippen molar-refractivity contribution >= 4 is 0 Å².